The zero-order chi connectivity index (χ0) is 16.6. The number of hydrogen-bond acceptors (Lipinski definition) is 6. The number of aromatic hydroxyl groups is 3. The minimum atomic E-state index is -0.455. The predicted octanol–water partition coefficient (Wildman–Crippen LogP) is 2.50. The Labute approximate surface area is 133 Å². The van der Waals surface area contributed by atoms with Crippen molar-refractivity contribution in [3.05, 3.63) is 41.5 Å². The normalized spacial score (nSPS) is 19.7. The first-order chi connectivity index (χ1) is 11.0. The highest BCUT2D eigenvalue weighted by molar-refractivity contribution is 5.52. The highest BCUT2D eigenvalue weighted by Gasteiger charge is 2.33. The number of fused-ring (bicyclic) bond motifs is 1. The Kier molecular flexibility index (Phi) is 3.92. The first-order valence-electron chi connectivity index (χ1n) is 7.14. The average molecular weight is 318 g/mol. The van der Waals surface area contributed by atoms with E-state index in [9.17, 15) is 15.3 Å². The molecule has 0 amide bonds. The molecular formula is C17H18O6. The van der Waals surface area contributed by atoms with Crippen molar-refractivity contribution in [2.75, 3.05) is 14.2 Å². The summed E-state index contributed by atoms with van der Waals surface area (Å²) in [5.41, 5.74) is 1.36. The van der Waals surface area contributed by atoms with E-state index in [0.717, 1.165) is 5.56 Å². The van der Waals surface area contributed by atoms with Crippen molar-refractivity contribution in [1.82, 2.24) is 0 Å². The molecule has 6 heteroatoms. The zero-order valence-electron chi connectivity index (χ0n) is 12.8. The van der Waals surface area contributed by atoms with E-state index in [0.29, 0.717) is 23.5 Å². The van der Waals surface area contributed by atoms with Gasteiger partial charge in [0.2, 0.25) is 0 Å². The molecule has 6 nitrogen and oxygen atoms in total. The molecule has 0 spiro atoms. The van der Waals surface area contributed by atoms with Crippen LogP contribution in [0, 0.1) is 0 Å². The van der Waals surface area contributed by atoms with E-state index in [-0.39, 0.29) is 23.4 Å². The van der Waals surface area contributed by atoms with E-state index in [1.807, 2.05) is 0 Å². The summed E-state index contributed by atoms with van der Waals surface area (Å²) in [6.07, 6.45) is -0.346. The van der Waals surface area contributed by atoms with Gasteiger partial charge in [-0.2, -0.15) is 0 Å². The SMILES string of the molecule is COc1cc(C2Oc3cc(O)cc(O)c3CC2OC)ccc1O. The summed E-state index contributed by atoms with van der Waals surface area (Å²) >= 11 is 0. The monoisotopic (exact) mass is 318 g/mol. The number of benzene rings is 2. The lowest BCUT2D eigenvalue weighted by molar-refractivity contribution is -0.0122. The molecule has 1 aliphatic rings. The van der Waals surface area contributed by atoms with Gasteiger partial charge in [0.05, 0.1) is 7.11 Å². The number of methoxy groups -OCH3 is 2. The maximum atomic E-state index is 9.98. The molecule has 0 aromatic heterocycles. The van der Waals surface area contributed by atoms with Gasteiger partial charge in [-0.25, -0.2) is 0 Å². The van der Waals surface area contributed by atoms with Gasteiger partial charge in [0.25, 0.3) is 0 Å². The smallest absolute Gasteiger partial charge is 0.160 e. The third kappa shape index (κ3) is 2.73. The summed E-state index contributed by atoms with van der Waals surface area (Å²) < 4.78 is 16.6. The van der Waals surface area contributed by atoms with E-state index in [2.05, 4.69) is 0 Å². The molecular weight excluding hydrogens is 300 g/mol. The topological polar surface area (TPSA) is 88.4 Å². The third-order valence-electron chi connectivity index (χ3n) is 4.00. The molecule has 2 aromatic rings. The Morgan fingerprint density at radius 1 is 1.04 bits per heavy atom. The van der Waals surface area contributed by atoms with Crippen LogP contribution in [0.25, 0.3) is 0 Å². The Morgan fingerprint density at radius 2 is 1.83 bits per heavy atom. The second-order valence-corrected chi connectivity index (χ2v) is 5.39. The summed E-state index contributed by atoms with van der Waals surface area (Å²) in [4.78, 5) is 0. The summed E-state index contributed by atoms with van der Waals surface area (Å²) in [6, 6.07) is 7.67. The fourth-order valence-corrected chi connectivity index (χ4v) is 2.81. The maximum absolute atomic E-state index is 9.98. The van der Waals surface area contributed by atoms with Crippen LogP contribution < -0.4 is 9.47 Å². The van der Waals surface area contributed by atoms with E-state index >= 15 is 0 Å². The molecule has 0 radical (unpaired) electrons. The van der Waals surface area contributed by atoms with Crippen LogP contribution in [0.5, 0.6) is 28.7 Å². The Bertz CT molecular complexity index is 727. The molecule has 3 rings (SSSR count). The van der Waals surface area contributed by atoms with Crippen molar-refractivity contribution < 1.29 is 29.5 Å². The van der Waals surface area contributed by atoms with Gasteiger partial charge in [0.15, 0.2) is 17.6 Å². The number of phenolic OH excluding ortho intramolecular Hbond substituents is 3. The van der Waals surface area contributed by atoms with Gasteiger partial charge in [-0.3, -0.25) is 0 Å². The van der Waals surface area contributed by atoms with Gasteiger partial charge in [-0.15, -0.1) is 0 Å². The summed E-state index contributed by atoms with van der Waals surface area (Å²) in [5.74, 6) is 0.693. The second kappa shape index (κ2) is 5.89. The number of hydrogen-bond donors (Lipinski definition) is 3. The molecule has 2 aromatic carbocycles. The number of phenols is 3. The van der Waals surface area contributed by atoms with E-state index < -0.39 is 6.10 Å². The van der Waals surface area contributed by atoms with Gasteiger partial charge in [-0.1, -0.05) is 6.07 Å². The molecule has 1 heterocycles. The predicted molar refractivity (Wildman–Crippen MR) is 82.3 cm³/mol. The lowest BCUT2D eigenvalue weighted by atomic mass is 9.93. The van der Waals surface area contributed by atoms with Crippen LogP contribution in [0.4, 0.5) is 0 Å². The molecule has 3 N–H and O–H groups in total. The molecule has 2 unspecified atom stereocenters. The molecule has 122 valence electrons. The van der Waals surface area contributed by atoms with Crippen LogP contribution in [0.1, 0.15) is 17.2 Å². The average Bonchev–Trinajstić information content (AvgIpc) is 2.54. The van der Waals surface area contributed by atoms with Crippen LogP contribution in [0.2, 0.25) is 0 Å². The standard InChI is InChI=1S/C17H18O6/c1-21-15-5-9(3-4-12(15)19)17-16(22-2)8-11-13(20)6-10(18)7-14(11)23-17/h3-7,16-20H,8H2,1-2H3. The van der Waals surface area contributed by atoms with Gasteiger partial charge in [0, 0.05) is 31.2 Å². The first kappa shape index (κ1) is 15.3. The molecule has 0 saturated carbocycles. The van der Waals surface area contributed by atoms with Crippen LogP contribution >= 0.6 is 0 Å². The molecule has 0 fully saturated rings. The molecule has 0 aliphatic carbocycles. The highest BCUT2D eigenvalue weighted by atomic mass is 16.5. The molecule has 1 aliphatic heterocycles. The molecule has 2 atom stereocenters. The first-order valence-corrected chi connectivity index (χ1v) is 7.14. The van der Waals surface area contributed by atoms with Crippen LogP contribution in [0.15, 0.2) is 30.3 Å². The lowest BCUT2D eigenvalue weighted by Gasteiger charge is -2.33. The summed E-state index contributed by atoms with van der Waals surface area (Å²) in [5, 5.41) is 29.3. The summed E-state index contributed by atoms with van der Waals surface area (Å²) in [7, 11) is 3.04. The fraction of sp³-hybridized carbons (Fsp3) is 0.294. The lowest BCUT2D eigenvalue weighted by Crippen LogP contribution is -2.32. The minimum Gasteiger partial charge on any atom is -0.508 e. The van der Waals surface area contributed by atoms with Crippen molar-refractivity contribution in [3.8, 4) is 28.7 Å². The van der Waals surface area contributed by atoms with E-state index in [1.165, 1.54) is 25.3 Å². The number of ether oxygens (including phenoxy) is 3. The Hall–Kier alpha value is -2.60. The van der Waals surface area contributed by atoms with Crippen molar-refractivity contribution in [3.63, 3.8) is 0 Å². The van der Waals surface area contributed by atoms with Gasteiger partial charge >= 0.3 is 0 Å². The van der Waals surface area contributed by atoms with Crippen LogP contribution in [-0.2, 0) is 11.2 Å². The van der Waals surface area contributed by atoms with Gasteiger partial charge in [-0.05, 0) is 17.7 Å². The molecule has 0 saturated heterocycles. The highest BCUT2D eigenvalue weighted by Crippen LogP contribution is 2.43. The Morgan fingerprint density at radius 3 is 2.52 bits per heavy atom. The van der Waals surface area contributed by atoms with Gasteiger partial charge in [0.1, 0.15) is 23.4 Å². The fourth-order valence-electron chi connectivity index (χ4n) is 2.81. The van der Waals surface area contributed by atoms with Crippen LogP contribution in [0.3, 0.4) is 0 Å². The summed E-state index contributed by atoms with van der Waals surface area (Å²) in [6.45, 7) is 0. The van der Waals surface area contributed by atoms with Crippen molar-refractivity contribution in [2.45, 2.75) is 18.6 Å². The quantitative estimate of drug-likeness (QED) is 0.806. The second-order valence-electron chi connectivity index (χ2n) is 5.39. The van der Waals surface area contributed by atoms with Gasteiger partial charge < -0.3 is 29.5 Å². The molecule has 23 heavy (non-hydrogen) atoms. The van der Waals surface area contributed by atoms with E-state index in [4.69, 9.17) is 14.2 Å². The molecule has 0 bridgehead atoms. The zero-order valence-corrected chi connectivity index (χ0v) is 12.8. The van der Waals surface area contributed by atoms with Crippen molar-refractivity contribution in [1.29, 1.82) is 0 Å². The Balaban J connectivity index is 2.02. The third-order valence-corrected chi connectivity index (χ3v) is 4.00. The van der Waals surface area contributed by atoms with Crippen LogP contribution in [-0.4, -0.2) is 35.6 Å². The van der Waals surface area contributed by atoms with Crippen molar-refractivity contribution >= 4 is 0 Å². The van der Waals surface area contributed by atoms with Crippen molar-refractivity contribution in [2.24, 2.45) is 0 Å². The number of rotatable bonds is 3. The largest absolute Gasteiger partial charge is 0.508 e. The van der Waals surface area contributed by atoms with E-state index in [1.54, 1.807) is 19.2 Å². The maximum Gasteiger partial charge on any atom is 0.160 e. The minimum absolute atomic E-state index is 0.0243.